The van der Waals surface area contributed by atoms with Gasteiger partial charge < -0.3 is 5.32 Å². The summed E-state index contributed by atoms with van der Waals surface area (Å²) in [5, 5.41) is 3.69. The Labute approximate surface area is 113 Å². The molecule has 2 heteroatoms. The fourth-order valence-corrected chi connectivity index (χ4v) is 3.13. The molecule has 1 aliphatic carbocycles. The first-order chi connectivity index (χ1) is 8.18. The van der Waals surface area contributed by atoms with Crippen molar-refractivity contribution in [2.45, 2.75) is 52.0 Å². The average molecular weight is 296 g/mol. The molecule has 0 bridgehead atoms. The maximum absolute atomic E-state index is 3.69. The molecule has 0 aromatic heterocycles. The average Bonchev–Trinajstić information content (AvgIpc) is 2.36. The fourth-order valence-electron chi connectivity index (χ4n) is 2.76. The summed E-state index contributed by atoms with van der Waals surface area (Å²) in [5.74, 6) is 0.849. The van der Waals surface area contributed by atoms with Gasteiger partial charge in [-0.1, -0.05) is 41.3 Å². The van der Waals surface area contributed by atoms with Crippen molar-refractivity contribution in [1.82, 2.24) is 0 Å². The van der Waals surface area contributed by atoms with Crippen molar-refractivity contribution in [2.24, 2.45) is 5.92 Å². The summed E-state index contributed by atoms with van der Waals surface area (Å²) < 4.78 is 1.19. The number of halogens is 1. The molecule has 0 spiro atoms. The van der Waals surface area contributed by atoms with Crippen molar-refractivity contribution in [3.63, 3.8) is 0 Å². The summed E-state index contributed by atoms with van der Waals surface area (Å²) in [6.45, 7) is 4.50. The van der Waals surface area contributed by atoms with Gasteiger partial charge in [0.25, 0.3) is 0 Å². The van der Waals surface area contributed by atoms with E-state index in [2.05, 4.69) is 53.3 Å². The zero-order valence-electron chi connectivity index (χ0n) is 10.8. The lowest BCUT2D eigenvalue weighted by Gasteiger charge is -2.29. The second kappa shape index (κ2) is 5.90. The van der Waals surface area contributed by atoms with Crippen LogP contribution < -0.4 is 5.32 Å². The molecule has 0 aliphatic heterocycles. The van der Waals surface area contributed by atoms with Crippen LogP contribution in [-0.4, -0.2) is 6.04 Å². The van der Waals surface area contributed by atoms with Crippen LogP contribution in [0.1, 0.15) is 44.6 Å². The third-order valence-corrected chi connectivity index (χ3v) is 4.87. The van der Waals surface area contributed by atoms with Crippen molar-refractivity contribution < 1.29 is 0 Å². The van der Waals surface area contributed by atoms with Crippen LogP contribution in [0.5, 0.6) is 0 Å². The van der Waals surface area contributed by atoms with E-state index in [1.165, 1.54) is 47.8 Å². The van der Waals surface area contributed by atoms with Crippen LogP contribution in [0, 0.1) is 12.8 Å². The first-order valence-corrected chi connectivity index (χ1v) is 7.49. The molecule has 1 unspecified atom stereocenters. The first kappa shape index (κ1) is 12.9. The SMILES string of the molecule is Cc1c(Br)cccc1NC(C)C1CCCCC1. The number of nitrogens with one attached hydrogen (secondary N) is 1. The summed E-state index contributed by atoms with van der Waals surface area (Å²) in [7, 11) is 0. The number of benzene rings is 1. The Balaban J connectivity index is 2.01. The van der Waals surface area contributed by atoms with Gasteiger partial charge in [0.15, 0.2) is 0 Å². The fraction of sp³-hybridized carbons (Fsp3) is 0.600. The van der Waals surface area contributed by atoms with Gasteiger partial charge in [-0.25, -0.2) is 0 Å². The molecule has 0 radical (unpaired) electrons. The van der Waals surface area contributed by atoms with Gasteiger partial charge in [0.2, 0.25) is 0 Å². The van der Waals surface area contributed by atoms with Crippen LogP contribution in [0.4, 0.5) is 5.69 Å². The molecule has 1 fully saturated rings. The van der Waals surface area contributed by atoms with E-state index in [4.69, 9.17) is 0 Å². The van der Waals surface area contributed by atoms with E-state index in [0.29, 0.717) is 6.04 Å². The highest BCUT2D eigenvalue weighted by atomic mass is 79.9. The second-order valence-corrected chi connectivity index (χ2v) is 6.10. The Bertz CT molecular complexity index is 369. The highest BCUT2D eigenvalue weighted by Gasteiger charge is 2.20. The molecule has 94 valence electrons. The van der Waals surface area contributed by atoms with Crippen LogP contribution in [0.2, 0.25) is 0 Å². The Morgan fingerprint density at radius 2 is 1.94 bits per heavy atom. The molecular weight excluding hydrogens is 274 g/mol. The molecule has 1 nitrogen and oxygen atoms in total. The summed E-state index contributed by atoms with van der Waals surface area (Å²) in [5.41, 5.74) is 2.59. The molecule has 1 saturated carbocycles. The van der Waals surface area contributed by atoms with Gasteiger partial charge in [0.1, 0.15) is 0 Å². The second-order valence-electron chi connectivity index (χ2n) is 5.24. The van der Waals surface area contributed by atoms with Gasteiger partial charge >= 0.3 is 0 Å². The molecule has 2 rings (SSSR count). The van der Waals surface area contributed by atoms with Crippen molar-refractivity contribution in [2.75, 3.05) is 5.32 Å². The van der Waals surface area contributed by atoms with Gasteiger partial charge in [-0.3, -0.25) is 0 Å². The number of hydrogen-bond donors (Lipinski definition) is 1. The minimum Gasteiger partial charge on any atom is -0.382 e. The van der Waals surface area contributed by atoms with Gasteiger partial charge in [-0.05, 0) is 50.3 Å². The van der Waals surface area contributed by atoms with Gasteiger partial charge in [-0.2, -0.15) is 0 Å². The Morgan fingerprint density at radius 3 is 2.65 bits per heavy atom. The molecule has 1 aromatic carbocycles. The zero-order chi connectivity index (χ0) is 12.3. The molecule has 17 heavy (non-hydrogen) atoms. The molecule has 0 amide bonds. The number of anilines is 1. The summed E-state index contributed by atoms with van der Waals surface area (Å²) in [6, 6.07) is 6.97. The Kier molecular flexibility index (Phi) is 4.49. The molecule has 1 aliphatic rings. The standard InChI is InChI=1S/C15H22BrN/c1-11-14(16)9-6-10-15(11)17-12(2)13-7-4-3-5-8-13/h6,9-10,12-13,17H,3-5,7-8H2,1-2H3. The minimum absolute atomic E-state index is 0.586. The molecular formula is C15H22BrN. The van der Waals surface area contributed by atoms with Gasteiger partial charge in [0.05, 0.1) is 0 Å². The molecule has 0 heterocycles. The normalized spacial score (nSPS) is 19.0. The van der Waals surface area contributed by atoms with Crippen molar-refractivity contribution in [3.05, 3.63) is 28.2 Å². The zero-order valence-corrected chi connectivity index (χ0v) is 12.4. The van der Waals surface area contributed by atoms with Crippen molar-refractivity contribution >= 4 is 21.6 Å². The van der Waals surface area contributed by atoms with Gasteiger partial charge in [-0.15, -0.1) is 0 Å². The lowest BCUT2D eigenvalue weighted by molar-refractivity contribution is 0.328. The molecule has 1 N–H and O–H groups in total. The predicted octanol–water partition coefficient (Wildman–Crippen LogP) is 5.14. The maximum Gasteiger partial charge on any atom is 0.0383 e. The van der Waals surface area contributed by atoms with Gasteiger partial charge in [0, 0.05) is 16.2 Å². The summed E-state index contributed by atoms with van der Waals surface area (Å²) >= 11 is 3.59. The highest BCUT2D eigenvalue weighted by molar-refractivity contribution is 9.10. The summed E-state index contributed by atoms with van der Waals surface area (Å²) in [4.78, 5) is 0. The monoisotopic (exact) mass is 295 g/mol. The smallest absolute Gasteiger partial charge is 0.0383 e. The molecule has 1 aromatic rings. The van der Waals surface area contributed by atoms with E-state index in [1.54, 1.807) is 0 Å². The van der Waals surface area contributed by atoms with Crippen LogP contribution in [-0.2, 0) is 0 Å². The Hall–Kier alpha value is -0.500. The van der Waals surface area contributed by atoms with Crippen LogP contribution in [0.25, 0.3) is 0 Å². The number of hydrogen-bond acceptors (Lipinski definition) is 1. The third-order valence-electron chi connectivity index (χ3n) is 4.01. The van der Waals surface area contributed by atoms with E-state index in [1.807, 2.05) is 0 Å². The van der Waals surface area contributed by atoms with E-state index in [0.717, 1.165) is 5.92 Å². The highest BCUT2D eigenvalue weighted by Crippen LogP contribution is 2.30. The number of rotatable bonds is 3. The van der Waals surface area contributed by atoms with E-state index < -0.39 is 0 Å². The van der Waals surface area contributed by atoms with E-state index >= 15 is 0 Å². The third kappa shape index (κ3) is 3.25. The quantitative estimate of drug-likeness (QED) is 0.814. The van der Waals surface area contributed by atoms with Crippen molar-refractivity contribution in [3.8, 4) is 0 Å². The molecule has 0 saturated heterocycles. The van der Waals surface area contributed by atoms with Crippen molar-refractivity contribution in [1.29, 1.82) is 0 Å². The maximum atomic E-state index is 3.69. The lowest BCUT2D eigenvalue weighted by Crippen LogP contribution is -2.27. The minimum atomic E-state index is 0.586. The van der Waals surface area contributed by atoms with Crippen LogP contribution in [0.15, 0.2) is 22.7 Å². The predicted molar refractivity (Wildman–Crippen MR) is 78.5 cm³/mol. The topological polar surface area (TPSA) is 12.0 Å². The summed E-state index contributed by atoms with van der Waals surface area (Å²) in [6.07, 6.45) is 7.03. The largest absolute Gasteiger partial charge is 0.382 e. The van der Waals surface area contributed by atoms with E-state index in [9.17, 15) is 0 Å². The Morgan fingerprint density at radius 1 is 1.24 bits per heavy atom. The lowest BCUT2D eigenvalue weighted by atomic mass is 9.84. The van der Waals surface area contributed by atoms with Crippen LogP contribution >= 0.6 is 15.9 Å². The van der Waals surface area contributed by atoms with E-state index in [-0.39, 0.29) is 0 Å². The van der Waals surface area contributed by atoms with Crippen LogP contribution in [0.3, 0.4) is 0 Å². The molecule has 1 atom stereocenters. The first-order valence-electron chi connectivity index (χ1n) is 6.70.